The molecule has 4 nitrogen and oxygen atoms in total. The Balaban J connectivity index is 1.94. The van der Waals surface area contributed by atoms with E-state index in [1.54, 1.807) is 6.07 Å². The molecular weight excluding hydrogens is 240 g/mol. The second-order valence-electron chi connectivity index (χ2n) is 5.73. The van der Waals surface area contributed by atoms with Crippen LogP contribution in [0.15, 0.2) is 18.3 Å². The summed E-state index contributed by atoms with van der Waals surface area (Å²) < 4.78 is 0. The minimum Gasteiger partial charge on any atom is -0.478 e. The lowest BCUT2D eigenvalue weighted by molar-refractivity contribution is 0.0696. The molecule has 0 aromatic carbocycles. The Morgan fingerprint density at radius 2 is 2.21 bits per heavy atom. The smallest absolute Gasteiger partial charge is 0.337 e. The monoisotopic (exact) mass is 262 g/mol. The van der Waals surface area contributed by atoms with Gasteiger partial charge in [-0.05, 0) is 43.9 Å². The number of nitrogens with zero attached hydrogens (tertiary/aromatic N) is 2. The van der Waals surface area contributed by atoms with Crippen LogP contribution < -0.4 is 0 Å². The third kappa shape index (κ3) is 4.31. The molecule has 1 fully saturated rings. The molecule has 1 aromatic rings. The predicted molar refractivity (Wildman–Crippen MR) is 74.1 cm³/mol. The SMILES string of the molecule is CC(C)CCN(Cc1ccc(C(=O)O)cn1)C1CC1. The van der Waals surface area contributed by atoms with Crippen LogP contribution in [0.1, 0.15) is 49.2 Å². The molecule has 0 amide bonds. The first-order chi connectivity index (χ1) is 9.06. The van der Waals surface area contributed by atoms with Crippen molar-refractivity contribution in [1.82, 2.24) is 9.88 Å². The summed E-state index contributed by atoms with van der Waals surface area (Å²) in [4.78, 5) is 17.5. The maximum Gasteiger partial charge on any atom is 0.337 e. The zero-order valence-electron chi connectivity index (χ0n) is 11.7. The van der Waals surface area contributed by atoms with E-state index in [1.807, 2.05) is 6.07 Å². The van der Waals surface area contributed by atoms with Gasteiger partial charge in [-0.3, -0.25) is 9.88 Å². The van der Waals surface area contributed by atoms with Crippen LogP contribution in [0.5, 0.6) is 0 Å². The van der Waals surface area contributed by atoms with Crippen molar-refractivity contribution in [2.75, 3.05) is 6.54 Å². The topological polar surface area (TPSA) is 53.4 Å². The van der Waals surface area contributed by atoms with Crippen molar-refractivity contribution in [2.24, 2.45) is 5.92 Å². The van der Waals surface area contributed by atoms with Crippen molar-refractivity contribution in [3.05, 3.63) is 29.6 Å². The molecule has 2 rings (SSSR count). The van der Waals surface area contributed by atoms with Gasteiger partial charge in [0.15, 0.2) is 0 Å². The Kier molecular flexibility index (Phi) is 4.53. The number of aromatic nitrogens is 1. The van der Waals surface area contributed by atoms with Crippen LogP contribution in [0.2, 0.25) is 0 Å². The van der Waals surface area contributed by atoms with Crippen molar-refractivity contribution in [3.8, 4) is 0 Å². The minimum atomic E-state index is -0.919. The largest absolute Gasteiger partial charge is 0.478 e. The minimum absolute atomic E-state index is 0.254. The van der Waals surface area contributed by atoms with Crippen molar-refractivity contribution >= 4 is 5.97 Å². The fraction of sp³-hybridized carbons (Fsp3) is 0.600. The molecule has 1 aliphatic carbocycles. The van der Waals surface area contributed by atoms with Crippen molar-refractivity contribution in [2.45, 2.75) is 45.7 Å². The molecule has 1 N–H and O–H groups in total. The summed E-state index contributed by atoms with van der Waals surface area (Å²) in [6.45, 7) is 6.41. The van der Waals surface area contributed by atoms with Crippen LogP contribution in [0.4, 0.5) is 0 Å². The van der Waals surface area contributed by atoms with Gasteiger partial charge in [0.2, 0.25) is 0 Å². The summed E-state index contributed by atoms with van der Waals surface area (Å²) in [5.74, 6) is -0.207. The number of carboxylic acids is 1. The number of hydrogen-bond donors (Lipinski definition) is 1. The maximum atomic E-state index is 10.8. The first kappa shape index (κ1) is 14.0. The van der Waals surface area contributed by atoms with E-state index in [2.05, 4.69) is 23.7 Å². The third-order valence-corrected chi connectivity index (χ3v) is 3.49. The molecule has 1 aromatic heterocycles. The van der Waals surface area contributed by atoms with E-state index in [4.69, 9.17) is 5.11 Å². The van der Waals surface area contributed by atoms with E-state index in [1.165, 1.54) is 25.5 Å². The molecule has 0 radical (unpaired) electrons. The first-order valence-electron chi connectivity index (χ1n) is 6.98. The lowest BCUT2D eigenvalue weighted by Crippen LogP contribution is -2.28. The lowest BCUT2D eigenvalue weighted by atomic mass is 10.1. The number of hydrogen-bond acceptors (Lipinski definition) is 3. The Bertz CT molecular complexity index is 424. The fourth-order valence-electron chi connectivity index (χ4n) is 2.11. The molecule has 0 atom stereocenters. The van der Waals surface area contributed by atoms with Gasteiger partial charge in [-0.15, -0.1) is 0 Å². The highest BCUT2D eigenvalue weighted by Crippen LogP contribution is 2.28. The second kappa shape index (κ2) is 6.15. The van der Waals surface area contributed by atoms with E-state index in [9.17, 15) is 4.79 Å². The molecule has 4 heteroatoms. The summed E-state index contributed by atoms with van der Waals surface area (Å²) in [6, 6.07) is 4.17. The lowest BCUT2D eigenvalue weighted by Gasteiger charge is -2.22. The summed E-state index contributed by atoms with van der Waals surface area (Å²) in [5.41, 5.74) is 1.21. The Morgan fingerprint density at radius 3 is 2.68 bits per heavy atom. The predicted octanol–water partition coefficient (Wildman–Crippen LogP) is 2.79. The number of carboxylic acid groups (broad SMARTS) is 1. The van der Waals surface area contributed by atoms with Gasteiger partial charge in [-0.25, -0.2) is 4.79 Å². The fourth-order valence-corrected chi connectivity index (χ4v) is 2.11. The number of carbonyl (C=O) groups is 1. The maximum absolute atomic E-state index is 10.8. The molecule has 104 valence electrons. The van der Waals surface area contributed by atoms with Crippen molar-refractivity contribution in [1.29, 1.82) is 0 Å². The van der Waals surface area contributed by atoms with E-state index in [-0.39, 0.29) is 5.56 Å². The van der Waals surface area contributed by atoms with E-state index in [0.29, 0.717) is 12.0 Å². The van der Waals surface area contributed by atoms with Crippen molar-refractivity contribution < 1.29 is 9.90 Å². The highest BCUT2D eigenvalue weighted by Gasteiger charge is 2.28. The van der Waals surface area contributed by atoms with Crippen molar-refractivity contribution in [3.63, 3.8) is 0 Å². The standard InChI is InChI=1S/C15H22N2O2/c1-11(2)7-8-17(14-5-6-14)10-13-4-3-12(9-16-13)15(18)19/h3-4,9,11,14H,5-8,10H2,1-2H3,(H,18,19). The van der Waals surface area contributed by atoms with E-state index < -0.39 is 5.97 Å². The molecule has 1 saturated carbocycles. The van der Waals surface area contributed by atoms with Crippen LogP contribution in [0, 0.1) is 5.92 Å². The van der Waals surface area contributed by atoms with Crippen LogP contribution in [-0.2, 0) is 6.54 Å². The van der Waals surface area contributed by atoms with Gasteiger partial charge >= 0.3 is 5.97 Å². The molecule has 0 bridgehead atoms. The van der Waals surface area contributed by atoms with Gasteiger partial charge in [0.05, 0.1) is 11.3 Å². The molecule has 0 saturated heterocycles. The summed E-state index contributed by atoms with van der Waals surface area (Å²) in [7, 11) is 0. The Morgan fingerprint density at radius 1 is 1.47 bits per heavy atom. The number of rotatable bonds is 7. The average molecular weight is 262 g/mol. The molecule has 1 heterocycles. The van der Waals surface area contributed by atoms with E-state index >= 15 is 0 Å². The molecule has 0 spiro atoms. The Labute approximate surface area is 114 Å². The van der Waals surface area contributed by atoms with Crippen LogP contribution in [0.3, 0.4) is 0 Å². The first-order valence-corrected chi connectivity index (χ1v) is 6.98. The van der Waals surface area contributed by atoms with Gasteiger partial charge in [0, 0.05) is 18.8 Å². The molecule has 0 aliphatic heterocycles. The quantitative estimate of drug-likeness (QED) is 0.821. The van der Waals surface area contributed by atoms with Gasteiger partial charge in [0.1, 0.15) is 0 Å². The summed E-state index contributed by atoms with van der Waals surface area (Å²) in [5, 5.41) is 8.85. The zero-order chi connectivity index (χ0) is 13.8. The highest BCUT2D eigenvalue weighted by molar-refractivity contribution is 5.87. The van der Waals surface area contributed by atoms with Crippen LogP contribution in [-0.4, -0.2) is 33.5 Å². The van der Waals surface area contributed by atoms with Gasteiger partial charge in [-0.1, -0.05) is 13.8 Å². The van der Waals surface area contributed by atoms with Gasteiger partial charge in [0.25, 0.3) is 0 Å². The van der Waals surface area contributed by atoms with Crippen LogP contribution in [0.25, 0.3) is 0 Å². The number of pyridine rings is 1. The highest BCUT2D eigenvalue weighted by atomic mass is 16.4. The van der Waals surface area contributed by atoms with E-state index in [0.717, 1.165) is 18.8 Å². The van der Waals surface area contributed by atoms with Gasteiger partial charge in [-0.2, -0.15) is 0 Å². The summed E-state index contributed by atoms with van der Waals surface area (Å²) >= 11 is 0. The number of aromatic carboxylic acids is 1. The molecule has 19 heavy (non-hydrogen) atoms. The molecule has 0 unspecified atom stereocenters. The third-order valence-electron chi connectivity index (χ3n) is 3.49. The summed E-state index contributed by atoms with van der Waals surface area (Å²) in [6.07, 6.45) is 5.21. The molecule has 1 aliphatic rings. The van der Waals surface area contributed by atoms with Gasteiger partial charge < -0.3 is 5.11 Å². The second-order valence-corrected chi connectivity index (χ2v) is 5.73. The normalized spacial score (nSPS) is 15.2. The average Bonchev–Trinajstić information content (AvgIpc) is 3.19. The molecular formula is C15H22N2O2. The van der Waals surface area contributed by atoms with Crippen LogP contribution >= 0.6 is 0 Å². The Hall–Kier alpha value is -1.42. The zero-order valence-corrected chi connectivity index (χ0v) is 11.7.